The van der Waals surface area contributed by atoms with Gasteiger partial charge in [0.05, 0.1) is 6.54 Å². The van der Waals surface area contributed by atoms with Crippen molar-refractivity contribution in [3.05, 3.63) is 22.3 Å². The molecule has 1 aromatic rings. The van der Waals surface area contributed by atoms with Crippen LogP contribution in [0.15, 0.2) is 16.7 Å². The number of carbonyl (C=O) groups is 1. The smallest absolute Gasteiger partial charge is 0.239 e. The number of anilines is 1. The van der Waals surface area contributed by atoms with Crippen molar-refractivity contribution in [3.8, 4) is 0 Å². The highest BCUT2D eigenvalue weighted by molar-refractivity contribution is 9.10. The van der Waals surface area contributed by atoms with Gasteiger partial charge < -0.3 is 10.2 Å². The first-order chi connectivity index (χ1) is 7.16. The third-order valence-corrected chi connectivity index (χ3v) is 2.79. The van der Waals surface area contributed by atoms with E-state index in [4.69, 9.17) is 0 Å². The molecule has 5 heteroatoms. The van der Waals surface area contributed by atoms with E-state index in [1.165, 1.54) is 0 Å². The summed E-state index contributed by atoms with van der Waals surface area (Å²) in [5.41, 5.74) is 1.08. The van der Waals surface area contributed by atoms with Gasteiger partial charge in [-0.05, 0) is 34.5 Å². The summed E-state index contributed by atoms with van der Waals surface area (Å²) >= 11 is 3.37. The highest BCUT2D eigenvalue weighted by atomic mass is 79.9. The van der Waals surface area contributed by atoms with Crippen molar-refractivity contribution < 1.29 is 4.79 Å². The minimum absolute atomic E-state index is 0.0605. The summed E-state index contributed by atoms with van der Waals surface area (Å²) in [5.74, 6) is 0.957. The van der Waals surface area contributed by atoms with Crippen LogP contribution in [0.4, 0.5) is 5.82 Å². The topological polar surface area (TPSA) is 45.2 Å². The van der Waals surface area contributed by atoms with Gasteiger partial charge in [-0.2, -0.15) is 0 Å². The number of amides is 1. The zero-order valence-electron chi connectivity index (χ0n) is 8.46. The van der Waals surface area contributed by atoms with Crippen LogP contribution in [0.2, 0.25) is 0 Å². The molecule has 0 bridgehead atoms. The van der Waals surface area contributed by atoms with Crippen molar-refractivity contribution in [1.29, 1.82) is 0 Å². The first-order valence-electron chi connectivity index (χ1n) is 4.80. The molecule has 15 heavy (non-hydrogen) atoms. The third-order valence-electron chi connectivity index (χ3n) is 2.36. The van der Waals surface area contributed by atoms with E-state index in [1.807, 2.05) is 17.9 Å². The van der Waals surface area contributed by atoms with Gasteiger partial charge in [0.15, 0.2) is 0 Å². The molecule has 1 amide bonds. The second-order valence-corrected chi connectivity index (χ2v) is 4.48. The number of carbonyl (C=O) groups excluding carboxylic acids is 1. The van der Waals surface area contributed by atoms with Gasteiger partial charge in [0.2, 0.25) is 5.91 Å². The van der Waals surface area contributed by atoms with Gasteiger partial charge in [-0.1, -0.05) is 0 Å². The fourth-order valence-corrected chi connectivity index (χ4v) is 2.13. The third kappa shape index (κ3) is 2.28. The molecule has 0 saturated carbocycles. The van der Waals surface area contributed by atoms with Gasteiger partial charge in [-0.25, -0.2) is 4.98 Å². The second kappa shape index (κ2) is 4.18. The van der Waals surface area contributed by atoms with E-state index in [0.717, 1.165) is 22.4 Å². The molecule has 0 atom stereocenters. The predicted octanol–water partition coefficient (Wildman–Crippen LogP) is 1.09. The van der Waals surface area contributed by atoms with E-state index in [0.29, 0.717) is 13.1 Å². The van der Waals surface area contributed by atoms with Gasteiger partial charge in [0, 0.05) is 23.8 Å². The van der Waals surface area contributed by atoms with Crippen molar-refractivity contribution in [2.24, 2.45) is 0 Å². The lowest BCUT2D eigenvalue weighted by molar-refractivity contribution is -0.120. The fourth-order valence-electron chi connectivity index (χ4n) is 1.68. The van der Waals surface area contributed by atoms with Crippen LogP contribution in [0, 0.1) is 6.92 Å². The summed E-state index contributed by atoms with van der Waals surface area (Å²) in [6.07, 6.45) is 1.76. The van der Waals surface area contributed by atoms with Gasteiger partial charge in [-0.3, -0.25) is 4.79 Å². The van der Waals surface area contributed by atoms with E-state index >= 15 is 0 Å². The van der Waals surface area contributed by atoms with Crippen LogP contribution in [0.5, 0.6) is 0 Å². The molecule has 0 aromatic carbocycles. The Bertz CT molecular complexity index is 394. The van der Waals surface area contributed by atoms with Crippen LogP contribution in [0.25, 0.3) is 0 Å². The average molecular weight is 270 g/mol. The number of hydrogen-bond donors (Lipinski definition) is 1. The monoisotopic (exact) mass is 269 g/mol. The highest BCUT2D eigenvalue weighted by Gasteiger charge is 2.18. The predicted molar refractivity (Wildman–Crippen MR) is 61.9 cm³/mol. The number of piperazine rings is 1. The van der Waals surface area contributed by atoms with E-state index in [1.54, 1.807) is 6.20 Å². The largest absolute Gasteiger partial charge is 0.353 e. The Morgan fingerprint density at radius 2 is 2.40 bits per heavy atom. The Balaban J connectivity index is 2.24. The SMILES string of the molecule is Cc1cc(Br)cnc1N1CCNC(=O)C1. The molecular weight excluding hydrogens is 258 g/mol. The minimum Gasteiger partial charge on any atom is -0.353 e. The maximum atomic E-state index is 11.2. The number of nitrogens with one attached hydrogen (secondary N) is 1. The number of pyridine rings is 1. The molecule has 4 nitrogen and oxygen atoms in total. The normalized spacial score (nSPS) is 16.4. The molecule has 1 aliphatic heterocycles. The Morgan fingerprint density at radius 3 is 3.07 bits per heavy atom. The molecular formula is C10H12BrN3O. The molecule has 80 valence electrons. The van der Waals surface area contributed by atoms with Crippen LogP contribution >= 0.6 is 15.9 Å². The average Bonchev–Trinajstić information content (AvgIpc) is 2.17. The van der Waals surface area contributed by atoms with E-state index in [9.17, 15) is 4.79 Å². The van der Waals surface area contributed by atoms with Crippen molar-refractivity contribution in [2.45, 2.75) is 6.92 Å². The molecule has 0 radical (unpaired) electrons. The summed E-state index contributed by atoms with van der Waals surface area (Å²) in [4.78, 5) is 17.6. The van der Waals surface area contributed by atoms with Crippen LogP contribution in [-0.4, -0.2) is 30.5 Å². The molecule has 2 heterocycles. The summed E-state index contributed by atoms with van der Waals surface area (Å²) < 4.78 is 0.963. The number of aryl methyl sites for hydroxylation is 1. The zero-order valence-corrected chi connectivity index (χ0v) is 10.0. The molecule has 1 aromatic heterocycles. The molecule has 1 saturated heterocycles. The van der Waals surface area contributed by atoms with E-state index in [-0.39, 0.29) is 5.91 Å². The maximum Gasteiger partial charge on any atom is 0.239 e. The molecule has 0 unspecified atom stereocenters. The quantitative estimate of drug-likeness (QED) is 0.830. The van der Waals surface area contributed by atoms with Crippen LogP contribution in [0.3, 0.4) is 0 Å². The standard InChI is InChI=1S/C10H12BrN3O/c1-7-4-8(11)5-13-10(7)14-3-2-12-9(15)6-14/h4-5H,2-3,6H2,1H3,(H,12,15). The summed E-state index contributed by atoms with van der Waals surface area (Å²) in [7, 11) is 0. The molecule has 1 fully saturated rings. The van der Waals surface area contributed by atoms with Crippen molar-refractivity contribution in [3.63, 3.8) is 0 Å². The van der Waals surface area contributed by atoms with Crippen LogP contribution in [0.1, 0.15) is 5.56 Å². The lowest BCUT2D eigenvalue weighted by atomic mass is 10.2. The minimum atomic E-state index is 0.0605. The first kappa shape index (κ1) is 10.4. The van der Waals surface area contributed by atoms with Crippen LogP contribution < -0.4 is 10.2 Å². The zero-order chi connectivity index (χ0) is 10.8. The van der Waals surface area contributed by atoms with Gasteiger partial charge >= 0.3 is 0 Å². The molecule has 1 N–H and O–H groups in total. The maximum absolute atomic E-state index is 11.2. The summed E-state index contributed by atoms with van der Waals surface area (Å²) in [6.45, 7) is 3.91. The number of hydrogen-bond acceptors (Lipinski definition) is 3. The van der Waals surface area contributed by atoms with Gasteiger partial charge in [0.1, 0.15) is 5.82 Å². The Morgan fingerprint density at radius 1 is 1.60 bits per heavy atom. The van der Waals surface area contributed by atoms with Crippen LogP contribution in [-0.2, 0) is 4.79 Å². The number of aromatic nitrogens is 1. The van der Waals surface area contributed by atoms with Crippen molar-refractivity contribution >= 4 is 27.7 Å². The molecule has 0 spiro atoms. The number of rotatable bonds is 1. The summed E-state index contributed by atoms with van der Waals surface area (Å²) in [6, 6.07) is 2.01. The summed E-state index contributed by atoms with van der Waals surface area (Å²) in [5, 5.41) is 2.79. The number of halogens is 1. The first-order valence-corrected chi connectivity index (χ1v) is 5.60. The van der Waals surface area contributed by atoms with Crippen molar-refractivity contribution in [2.75, 3.05) is 24.5 Å². The number of nitrogens with zero attached hydrogens (tertiary/aromatic N) is 2. The van der Waals surface area contributed by atoms with Gasteiger partial charge in [-0.15, -0.1) is 0 Å². The van der Waals surface area contributed by atoms with E-state index in [2.05, 4.69) is 26.2 Å². The molecule has 2 rings (SSSR count). The van der Waals surface area contributed by atoms with E-state index < -0.39 is 0 Å². The Labute approximate surface area is 96.8 Å². The highest BCUT2D eigenvalue weighted by Crippen LogP contribution is 2.20. The Kier molecular flexibility index (Phi) is 2.90. The fraction of sp³-hybridized carbons (Fsp3) is 0.400. The lowest BCUT2D eigenvalue weighted by Crippen LogP contribution is -2.48. The second-order valence-electron chi connectivity index (χ2n) is 3.57. The lowest BCUT2D eigenvalue weighted by Gasteiger charge is -2.28. The molecule has 1 aliphatic rings. The molecule has 0 aliphatic carbocycles. The Hall–Kier alpha value is -1.10. The van der Waals surface area contributed by atoms with Crippen molar-refractivity contribution in [1.82, 2.24) is 10.3 Å². The van der Waals surface area contributed by atoms with Gasteiger partial charge in [0.25, 0.3) is 0 Å².